The number of hydrogen-bond acceptors (Lipinski definition) is 8. The Labute approximate surface area is 252 Å². The number of imidazole rings is 1. The van der Waals surface area contributed by atoms with Crippen LogP contribution in [0.4, 0.5) is 27.6 Å². The number of alkyl halides is 3. The van der Waals surface area contributed by atoms with Gasteiger partial charge in [0.1, 0.15) is 40.6 Å². The average molecular weight is 635 g/mol. The fraction of sp³-hybridized carbons (Fsp3) is 0.345. The zero-order chi connectivity index (χ0) is 32.6. The predicted molar refractivity (Wildman–Crippen MR) is 150 cm³/mol. The monoisotopic (exact) mass is 634 g/mol. The number of pyridine rings is 1. The number of halogens is 5. The maximum Gasteiger partial charge on any atom is 0.411 e. The number of hydrogen-bond donors (Lipinski definition) is 1. The topological polar surface area (TPSA) is 120 Å². The minimum Gasteiger partial charge on any atom is -0.467 e. The number of carbonyl (C=O) groups is 2. The van der Waals surface area contributed by atoms with Gasteiger partial charge in [-0.15, -0.1) is 0 Å². The molecule has 1 amide bonds. The maximum atomic E-state index is 15.2. The third-order valence-corrected chi connectivity index (χ3v) is 7.38. The van der Waals surface area contributed by atoms with Crippen LogP contribution in [0.15, 0.2) is 47.7 Å². The Morgan fingerprint density at radius 1 is 1.20 bits per heavy atom. The van der Waals surface area contributed by atoms with E-state index in [0.717, 1.165) is 12.0 Å². The highest BCUT2D eigenvalue weighted by molar-refractivity contribution is 5.97. The molecule has 0 spiro atoms. The molecule has 1 N–H and O–H groups in total. The van der Waals surface area contributed by atoms with Crippen molar-refractivity contribution in [3.8, 4) is 11.3 Å². The van der Waals surface area contributed by atoms with Crippen molar-refractivity contribution in [3.63, 3.8) is 0 Å². The van der Waals surface area contributed by atoms with Gasteiger partial charge in [-0.05, 0) is 31.2 Å². The Bertz CT molecular complexity index is 1820. The normalized spacial score (nSPS) is 16.1. The first kappa shape index (κ1) is 31.6. The highest BCUT2D eigenvalue weighted by atomic mass is 19.4. The van der Waals surface area contributed by atoms with Gasteiger partial charge in [0.05, 0.1) is 26.0 Å². The van der Waals surface area contributed by atoms with E-state index in [1.807, 2.05) is 0 Å². The Hall–Kier alpha value is -4.86. The van der Waals surface area contributed by atoms with Crippen LogP contribution in [0.25, 0.3) is 16.9 Å². The first-order chi connectivity index (χ1) is 21.3. The number of benzene rings is 1. The summed E-state index contributed by atoms with van der Waals surface area (Å²) in [6, 6.07) is 0.833. The van der Waals surface area contributed by atoms with Crippen molar-refractivity contribution >= 4 is 23.2 Å². The lowest BCUT2D eigenvalue weighted by molar-refractivity contribution is -0.167. The molecule has 3 aromatic heterocycles. The Morgan fingerprint density at radius 3 is 2.58 bits per heavy atom. The molecular formula is C29H27F5N6O5. The molecule has 0 unspecified atom stereocenters. The molecule has 4 heterocycles. The number of rotatable bonds is 7. The summed E-state index contributed by atoms with van der Waals surface area (Å²) in [5.74, 6) is -5.11. The standard InChI is InChI=1S/C29H27F5N6O5/c1-15-13-38(2)27(42)24(36-15)18-5-4-16(40-7-6-35-25(18)40)12-21(28(43)44-3)37-26(41)23-19(30)10-17(11-20(23)31)39-8-9-45-14-22(39)29(32,33)34/h4-7,10-11,13,21-22H,8-9,12,14H2,1-3H3,(H,37,41)/t21-,22-/m0/s1. The SMILES string of the molecule is COC(=O)[C@H](Cc1ccc(-c2nc(C)cn(C)c2=O)c2nccn12)NC(=O)c1c(F)cc(N2CCOC[C@H]2C(F)(F)F)cc1F. The van der Waals surface area contributed by atoms with Crippen molar-refractivity contribution in [1.29, 1.82) is 0 Å². The van der Waals surface area contributed by atoms with Gasteiger partial charge in [0.2, 0.25) is 0 Å². The smallest absolute Gasteiger partial charge is 0.411 e. The van der Waals surface area contributed by atoms with Crippen LogP contribution in [0.5, 0.6) is 0 Å². The summed E-state index contributed by atoms with van der Waals surface area (Å²) in [5, 5.41) is 2.27. The number of ether oxygens (including phenoxy) is 2. The van der Waals surface area contributed by atoms with E-state index < -0.39 is 59.6 Å². The molecule has 1 saturated heterocycles. The lowest BCUT2D eigenvalue weighted by Gasteiger charge is -2.38. The van der Waals surface area contributed by atoms with Crippen LogP contribution < -0.4 is 15.8 Å². The van der Waals surface area contributed by atoms with Crippen molar-refractivity contribution in [1.82, 2.24) is 24.3 Å². The summed E-state index contributed by atoms with van der Waals surface area (Å²) in [7, 11) is 2.65. The second-order valence-electron chi connectivity index (χ2n) is 10.4. The average Bonchev–Trinajstić information content (AvgIpc) is 3.48. The molecule has 1 fully saturated rings. The second-order valence-corrected chi connectivity index (χ2v) is 10.4. The first-order valence-corrected chi connectivity index (χ1v) is 13.6. The van der Waals surface area contributed by atoms with Gasteiger partial charge in [-0.3, -0.25) is 9.59 Å². The van der Waals surface area contributed by atoms with E-state index in [1.165, 1.54) is 10.8 Å². The zero-order valence-corrected chi connectivity index (χ0v) is 24.2. The number of aryl methyl sites for hydroxylation is 2. The molecule has 0 radical (unpaired) electrons. The molecule has 0 saturated carbocycles. The van der Waals surface area contributed by atoms with E-state index in [9.17, 15) is 27.6 Å². The van der Waals surface area contributed by atoms with Crippen LogP contribution in [0.3, 0.4) is 0 Å². The molecule has 238 valence electrons. The van der Waals surface area contributed by atoms with Gasteiger partial charge in [-0.2, -0.15) is 13.2 Å². The molecule has 11 nitrogen and oxygen atoms in total. The van der Waals surface area contributed by atoms with Crippen molar-refractivity contribution < 1.29 is 41.0 Å². The molecule has 2 atom stereocenters. The van der Waals surface area contributed by atoms with E-state index in [-0.39, 0.29) is 30.8 Å². The number of amides is 1. The minimum atomic E-state index is -4.73. The van der Waals surface area contributed by atoms with E-state index >= 15 is 8.78 Å². The third kappa shape index (κ3) is 6.22. The van der Waals surface area contributed by atoms with E-state index in [2.05, 4.69) is 15.3 Å². The van der Waals surface area contributed by atoms with Gasteiger partial charge in [-0.25, -0.2) is 23.5 Å². The number of carbonyl (C=O) groups excluding carboxylic acids is 2. The fourth-order valence-corrected chi connectivity index (χ4v) is 5.26. The molecule has 1 aromatic carbocycles. The van der Waals surface area contributed by atoms with E-state index in [4.69, 9.17) is 9.47 Å². The summed E-state index contributed by atoms with van der Waals surface area (Å²) in [6.07, 6.45) is -0.371. The van der Waals surface area contributed by atoms with Gasteiger partial charge >= 0.3 is 12.1 Å². The molecule has 1 aliphatic rings. The number of nitrogens with one attached hydrogen (secondary N) is 1. The summed E-state index contributed by atoms with van der Waals surface area (Å²) in [6.45, 7) is 0.626. The van der Waals surface area contributed by atoms with E-state index in [1.54, 1.807) is 42.9 Å². The fourth-order valence-electron chi connectivity index (χ4n) is 5.26. The van der Waals surface area contributed by atoms with Crippen LogP contribution in [-0.2, 0) is 27.7 Å². The van der Waals surface area contributed by atoms with Crippen LogP contribution in [0, 0.1) is 18.6 Å². The van der Waals surface area contributed by atoms with Crippen molar-refractivity contribution in [2.75, 3.05) is 31.8 Å². The summed E-state index contributed by atoms with van der Waals surface area (Å²) in [4.78, 5) is 48.0. The molecule has 45 heavy (non-hydrogen) atoms. The van der Waals surface area contributed by atoms with Gasteiger partial charge in [0.15, 0.2) is 0 Å². The van der Waals surface area contributed by atoms with Crippen molar-refractivity contribution in [2.45, 2.75) is 31.6 Å². The van der Waals surface area contributed by atoms with Gasteiger partial charge < -0.3 is 28.7 Å². The predicted octanol–water partition coefficient (Wildman–Crippen LogP) is 2.96. The minimum absolute atomic E-state index is 0.0951. The number of methoxy groups -OCH3 is 1. The van der Waals surface area contributed by atoms with Crippen LogP contribution in [-0.4, -0.2) is 75.9 Å². The molecule has 0 bridgehead atoms. The van der Waals surface area contributed by atoms with Crippen LogP contribution >= 0.6 is 0 Å². The highest BCUT2D eigenvalue weighted by Gasteiger charge is 2.46. The Morgan fingerprint density at radius 2 is 1.91 bits per heavy atom. The summed E-state index contributed by atoms with van der Waals surface area (Å²) in [5.41, 5.74) is 0.00241. The number of anilines is 1. The molecule has 4 aromatic rings. The van der Waals surface area contributed by atoms with Crippen molar-refractivity contribution in [2.24, 2.45) is 7.05 Å². The summed E-state index contributed by atoms with van der Waals surface area (Å²) < 4.78 is 83.5. The second kappa shape index (κ2) is 12.3. The first-order valence-electron chi connectivity index (χ1n) is 13.6. The summed E-state index contributed by atoms with van der Waals surface area (Å²) >= 11 is 0. The molecule has 0 aliphatic carbocycles. The van der Waals surface area contributed by atoms with Gasteiger partial charge in [-0.1, -0.05) is 0 Å². The third-order valence-electron chi connectivity index (χ3n) is 7.38. The molecule has 16 heteroatoms. The zero-order valence-electron chi connectivity index (χ0n) is 24.2. The number of aromatic nitrogens is 4. The maximum absolute atomic E-state index is 15.2. The quantitative estimate of drug-likeness (QED) is 0.244. The number of esters is 1. The molecular weight excluding hydrogens is 607 g/mol. The largest absolute Gasteiger partial charge is 0.467 e. The molecule has 1 aliphatic heterocycles. The van der Waals surface area contributed by atoms with Crippen molar-refractivity contribution in [3.05, 3.63) is 81.8 Å². The molecule has 5 rings (SSSR count). The number of fused-ring (bicyclic) bond motifs is 1. The van der Waals surface area contributed by atoms with E-state index in [0.29, 0.717) is 34.7 Å². The van der Waals surface area contributed by atoms with Gasteiger partial charge in [0, 0.05) is 55.5 Å². The highest BCUT2D eigenvalue weighted by Crippen LogP contribution is 2.33. The number of morpholine rings is 1. The lowest BCUT2D eigenvalue weighted by atomic mass is 10.1. The number of nitrogens with zero attached hydrogens (tertiary/aromatic N) is 5. The Balaban J connectivity index is 1.43. The van der Waals surface area contributed by atoms with Gasteiger partial charge in [0.25, 0.3) is 11.5 Å². The van der Waals surface area contributed by atoms with Crippen LogP contribution in [0.2, 0.25) is 0 Å². The lowest BCUT2D eigenvalue weighted by Crippen LogP contribution is -2.53. The van der Waals surface area contributed by atoms with Crippen LogP contribution in [0.1, 0.15) is 21.7 Å². The Kier molecular flexibility index (Phi) is 8.60.